The van der Waals surface area contributed by atoms with E-state index in [-0.39, 0.29) is 5.69 Å². The molecule has 0 saturated carbocycles. The van der Waals surface area contributed by atoms with Crippen LogP contribution in [0.15, 0.2) is 35.2 Å². The first-order valence-corrected chi connectivity index (χ1v) is 7.86. The second-order valence-corrected chi connectivity index (χ2v) is 6.62. The zero-order valence-corrected chi connectivity index (χ0v) is 13.7. The lowest BCUT2D eigenvalue weighted by molar-refractivity contribution is -0.115. The molecule has 0 aliphatic rings. The Hall–Kier alpha value is -1.95. The minimum Gasteiger partial charge on any atom is -0.323 e. The number of hydrogen-bond donors (Lipinski definition) is 1. The van der Waals surface area contributed by atoms with Gasteiger partial charge in [-0.05, 0) is 44.5 Å². The van der Waals surface area contributed by atoms with Crippen LogP contribution < -0.4 is 5.32 Å². The van der Waals surface area contributed by atoms with Gasteiger partial charge in [0.2, 0.25) is 5.91 Å². The fourth-order valence-corrected chi connectivity index (χ4v) is 2.97. The van der Waals surface area contributed by atoms with E-state index in [1.807, 2.05) is 32.0 Å². The summed E-state index contributed by atoms with van der Waals surface area (Å²) in [6.45, 7) is 5.58. The van der Waals surface area contributed by atoms with Gasteiger partial charge in [-0.15, -0.1) is 11.8 Å². The van der Waals surface area contributed by atoms with Crippen LogP contribution >= 0.6 is 11.8 Å². The monoisotopic (exact) mass is 339 g/mol. The maximum atomic E-state index is 13.6. The summed E-state index contributed by atoms with van der Waals surface area (Å²) in [5, 5.41) is 1.76. The number of carbonyl (C=O) groups is 1. The predicted octanol–water partition coefficient (Wildman–Crippen LogP) is 4.84. The normalized spacial score (nSPS) is 12.1. The average molecular weight is 339 g/mol. The zero-order chi connectivity index (χ0) is 17.1. The van der Waals surface area contributed by atoms with Crippen LogP contribution in [-0.2, 0) is 4.79 Å². The van der Waals surface area contributed by atoms with Crippen molar-refractivity contribution in [2.75, 3.05) is 5.32 Å². The van der Waals surface area contributed by atoms with Gasteiger partial charge in [0.15, 0.2) is 17.5 Å². The fraction of sp³-hybridized carbons (Fsp3) is 0.235. The molecule has 2 nitrogen and oxygen atoms in total. The minimum absolute atomic E-state index is 0.373. The van der Waals surface area contributed by atoms with Crippen molar-refractivity contribution in [1.29, 1.82) is 0 Å². The van der Waals surface area contributed by atoms with E-state index in [1.54, 1.807) is 6.92 Å². The highest BCUT2D eigenvalue weighted by molar-refractivity contribution is 8.00. The molecule has 2 aromatic rings. The smallest absolute Gasteiger partial charge is 0.237 e. The van der Waals surface area contributed by atoms with Gasteiger partial charge in [-0.25, -0.2) is 13.2 Å². The molecule has 0 radical (unpaired) electrons. The fourth-order valence-electron chi connectivity index (χ4n) is 2.03. The van der Waals surface area contributed by atoms with E-state index >= 15 is 0 Å². The maximum absolute atomic E-state index is 13.6. The lowest BCUT2D eigenvalue weighted by Gasteiger charge is -2.14. The molecule has 1 amide bonds. The van der Waals surface area contributed by atoms with Crippen molar-refractivity contribution in [1.82, 2.24) is 0 Å². The summed E-state index contributed by atoms with van der Waals surface area (Å²) < 4.78 is 39.6. The standard InChI is InChI=1S/C17H16F3NOS/c1-9-4-7-14(10(2)8-9)23-11(3)17(22)21-13-6-5-12(18)15(19)16(13)20/h4-8,11H,1-3H3,(H,21,22). The van der Waals surface area contributed by atoms with E-state index in [0.29, 0.717) is 0 Å². The molecule has 23 heavy (non-hydrogen) atoms. The first-order valence-electron chi connectivity index (χ1n) is 6.98. The molecule has 2 aromatic carbocycles. The predicted molar refractivity (Wildman–Crippen MR) is 86.2 cm³/mol. The topological polar surface area (TPSA) is 29.1 Å². The van der Waals surface area contributed by atoms with Crippen LogP contribution in [0.4, 0.5) is 18.9 Å². The lowest BCUT2D eigenvalue weighted by Crippen LogP contribution is -2.23. The van der Waals surface area contributed by atoms with E-state index < -0.39 is 28.6 Å². The highest BCUT2D eigenvalue weighted by Crippen LogP contribution is 2.28. The molecule has 0 aliphatic carbocycles. The van der Waals surface area contributed by atoms with E-state index in [9.17, 15) is 18.0 Å². The number of amides is 1. The van der Waals surface area contributed by atoms with E-state index in [4.69, 9.17) is 0 Å². The summed E-state index contributed by atoms with van der Waals surface area (Å²) >= 11 is 1.32. The molecular weight excluding hydrogens is 323 g/mol. The molecule has 0 heterocycles. The van der Waals surface area contributed by atoms with E-state index in [2.05, 4.69) is 5.32 Å². The van der Waals surface area contributed by atoms with Gasteiger partial charge in [0.25, 0.3) is 0 Å². The van der Waals surface area contributed by atoms with Gasteiger partial charge in [0.05, 0.1) is 10.9 Å². The third-order valence-corrected chi connectivity index (χ3v) is 4.58. The number of anilines is 1. The van der Waals surface area contributed by atoms with Crippen LogP contribution in [-0.4, -0.2) is 11.2 Å². The molecule has 0 bridgehead atoms. The van der Waals surface area contributed by atoms with E-state index in [0.717, 1.165) is 28.2 Å². The van der Waals surface area contributed by atoms with Crippen molar-refractivity contribution in [3.05, 3.63) is 58.9 Å². The molecule has 0 aliphatic heterocycles. The number of carbonyl (C=O) groups excluding carboxylic acids is 1. The molecule has 1 atom stereocenters. The van der Waals surface area contributed by atoms with Gasteiger partial charge >= 0.3 is 0 Å². The third-order valence-electron chi connectivity index (χ3n) is 3.30. The first-order chi connectivity index (χ1) is 10.8. The van der Waals surface area contributed by atoms with Crippen LogP contribution in [0.3, 0.4) is 0 Å². The largest absolute Gasteiger partial charge is 0.323 e. The lowest BCUT2D eigenvalue weighted by atomic mass is 10.2. The molecule has 0 saturated heterocycles. The number of rotatable bonds is 4. The van der Waals surface area contributed by atoms with Gasteiger partial charge in [0.1, 0.15) is 0 Å². The summed E-state index contributed by atoms with van der Waals surface area (Å²) in [6.07, 6.45) is 0. The quantitative estimate of drug-likeness (QED) is 0.638. The van der Waals surface area contributed by atoms with Crippen LogP contribution in [0.5, 0.6) is 0 Å². The minimum atomic E-state index is -1.60. The van der Waals surface area contributed by atoms with Gasteiger partial charge < -0.3 is 5.32 Å². The number of hydrogen-bond acceptors (Lipinski definition) is 2. The second kappa shape index (κ2) is 7.08. The summed E-state index contributed by atoms with van der Waals surface area (Å²) in [4.78, 5) is 13.1. The van der Waals surface area contributed by atoms with Gasteiger partial charge in [-0.3, -0.25) is 4.79 Å². The van der Waals surface area contributed by atoms with Crippen molar-refractivity contribution in [3.63, 3.8) is 0 Å². The van der Waals surface area contributed by atoms with Crippen LogP contribution in [0.25, 0.3) is 0 Å². The summed E-state index contributed by atoms with van der Waals surface area (Å²) in [5.74, 6) is -4.78. The molecular formula is C17H16F3NOS. The van der Waals surface area contributed by atoms with Gasteiger partial charge in [-0.2, -0.15) is 0 Å². The van der Waals surface area contributed by atoms with Crippen molar-refractivity contribution >= 4 is 23.4 Å². The van der Waals surface area contributed by atoms with Gasteiger partial charge in [-0.1, -0.05) is 17.7 Å². The molecule has 0 fully saturated rings. The van der Waals surface area contributed by atoms with Crippen molar-refractivity contribution in [2.45, 2.75) is 30.9 Å². The Kier molecular flexibility index (Phi) is 5.36. The molecule has 1 N–H and O–H groups in total. The first kappa shape index (κ1) is 17.4. The average Bonchev–Trinajstić information content (AvgIpc) is 2.50. The SMILES string of the molecule is Cc1ccc(SC(C)C(=O)Nc2ccc(F)c(F)c2F)c(C)c1. The van der Waals surface area contributed by atoms with Crippen LogP contribution in [0.2, 0.25) is 0 Å². The highest BCUT2D eigenvalue weighted by Gasteiger charge is 2.19. The Morgan fingerprint density at radius 2 is 1.78 bits per heavy atom. The van der Waals surface area contributed by atoms with Crippen molar-refractivity contribution in [3.8, 4) is 0 Å². The zero-order valence-electron chi connectivity index (χ0n) is 12.9. The van der Waals surface area contributed by atoms with Crippen LogP contribution in [0.1, 0.15) is 18.1 Å². The number of halogens is 3. The second-order valence-electron chi connectivity index (χ2n) is 5.24. The van der Waals surface area contributed by atoms with Crippen molar-refractivity contribution < 1.29 is 18.0 Å². The number of thioether (sulfide) groups is 1. The number of aryl methyl sites for hydroxylation is 2. The molecule has 2 rings (SSSR count). The van der Waals surface area contributed by atoms with Gasteiger partial charge in [0, 0.05) is 4.90 Å². The molecule has 122 valence electrons. The Balaban J connectivity index is 2.10. The Morgan fingerprint density at radius 1 is 1.09 bits per heavy atom. The number of benzene rings is 2. The molecule has 0 aromatic heterocycles. The molecule has 1 unspecified atom stereocenters. The van der Waals surface area contributed by atoms with Crippen LogP contribution in [0, 0.1) is 31.3 Å². The third kappa shape index (κ3) is 4.07. The Bertz CT molecular complexity index is 749. The number of nitrogens with one attached hydrogen (secondary N) is 1. The Labute approximate surface area is 137 Å². The van der Waals surface area contributed by atoms with Crippen molar-refractivity contribution in [2.24, 2.45) is 0 Å². The maximum Gasteiger partial charge on any atom is 0.237 e. The highest BCUT2D eigenvalue weighted by atomic mass is 32.2. The summed E-state index contributed by atoms with van der Waals surface area (Å²) in [7, 11) is 0. The Morgan fingerprint density at radius 3 is 2.43 bits per heavy atom. The summed E-state index contributed by atoms with van der Waals surface area (Å²) in [5.41, 5.74) is 1.78. The van der Waals surface area contributed by atoms with E-state index in [1.165, 1.54) is 11.8 Å². The molecule has 0 spiro atoms. The molecule has 6 heteroatoms. The summed E-state index contributed by atoms with van der Waals surface area (Å²) in [6, 6.07) is 7.63.